The Morgan fingerprint density at radius 3 is 2.61 bits per heavy atom. The first-order valence-electron chi connectivity index (χ1n) is 10.5. The average molecular weight is 423 g/mol. The molecule has 1 amide bonds. The highest BCUT2D eigenvalue weighted by Crippen LogP contribution is 2.28. The van der Waals surface area contributed by atoms with Crippen LogP contribution in [0.25, 0.3) is 5.69 Å². The Balaban J connectivity index is 1.52. The Labute approximate surface area is 181 Å². The van der Waals surface area contributed by atoms with Crippen LogP contribution >= 0.6 is 0 Å². The van der Waals surface area contributed by atoms with Crippen molar-refractivity contribution in [3.8, 4) is 5.69 Å². The van der Waals surface area contributed by atoms with E-state index in [-0.39, 0.29) is 11.7 Å². The minimum atomic E-state index is -0.501. The van der Waals surface area contributed by atoms with E-state index in [1.165, 1.54) is 17.7 Å². The summed E-state index contributed by atoms with van der Waals surface area (Å²) >= 11 is 0. The second-order valence-electron chi connectivity index (χ2n) is 8.20. The van der Waals surface area contributed by atoms with Crippen LogP contribution in [-0.2, 0) is 6.54 Å². The first-order valence-corrected chi connectivity index (χ1v) is 10.5. The van der Waals surface area contributed by atoms with Crippen LogP contribution in [0.4, 0.5) is 4.39 Å². The van der Waals surface area contributed by atoms with Gasteiger partial charge < -0.3 is 5.73 Å². The molecule has 2 aromatic heterocycles. The van der Waals surface area contributed by atoms with Crippen LogP contribution in [0.3, 0.4) is 0 Å². The third kappa shape index (κ3) is 4.34. The third-order valence-corrected chi connectivity index (χ3v) is 6.03. The van der Waals surface area contributed by atoms with Gasteiger partial charge in [0.05, 0.1) is 22.6 Å². The Bertz CT molecular complexity index is 1110. The molecule has 4 rings (SSSR count). The average Bonchev–Trinajstić information content (AvgIpc) is 3.02. The van der Waals surface area contributed by atoms with E-state index in [1.54, 1.807) is 25.3 Å². The van der Waals surface area contributed by atoms with Gasteiger partial charge in [0.2, 0.25) is 0 Å². The molecule has 1 atom stereocenters. The lowest BCUT2D eigenvalue weighted by Crippen LogP contribution is -2.35. The molecule has 0 bridgehead atoms. The number of rotatable bonds is 5. The highest BCUT2D eigenvalue weighted by molar-refractivity contribution is 5.93. The quantitative estimate of drug-likeness (QED) is 0.682. The van der Waals surface area contributed by atoms with Gasteiger partial charge in [0.25, 0.3) is 5.91 Å². The molecular weight excluding hydrogens is 395 g/mol. The number of halogens is 1. The number of benzene rings is 1. The number of carbonyl (C=O) groups excluding carboxylic acids is 1. The molecule has 1 fully saturated rings. The lowest BCUT2D eigenvalue weighted by atomic mass is 9.96. The molecule has 31 heavy (non-hydrogen) atoms. The van der Waals surface area contributed by atoms with E-state index in [0.717, 1.165) is 55.4 Å². The summed E-state index contributed by atoms with van der Waals surface area (Å²) in [5.41, 5.74) is 10.4. The molecule has 7 nitrogen and oxygen atoms in total. The van der Waals surface area contributed by atoms with Crippen molar-refractivity contribution in [3.63, 3.8) is 0 Å². The first kappa shape index (κ1) is 21.1. The van der Waals surface area contributed by atoms with Gasteiger partial charge in [-0.15, -0.1) is 0 Å². The number of primary amides is 1. The summed E-state index contributed by atoms with van der Waals surface area (Å²) in [4.78, 5) is 22.8. The van der Waals surface area contributed by atoms with E-state index < -0.39 is 5.91 Å². The van der Waals surface area contributed by atoms with Gasteiger partial charge in [0, 0.05) is 36.5 Å². The van der Waals surface area contributed by atoms with Crippen LogP contribution in [0.1, 0.15) is 57.6 Å². The molecule has 8 heteroatoms. The van der Waals surface area contributed by atoms with Gasteiger partial charge in [0.1, 0.15) is 11.6 Å². The summed E-state index contributed by atoms with van der Waals surface area (Å²) in [6.07, 6.45) is 3.60. The van der Waals surface area contributed by atoms with Gasteiger partial charge in [-0.1, -0.05) is 0 Å². The molecule has 1 aliphatic rings. The zero-order valence-corrected chi connectivity index (χ0v) is 18.1. The molecule has 1 aliphatic heterocycles. The van der Waals surface area contributed by atoms with E-state index >= 15 is 0 Å². The molecule has 3 heterocycles. The smallest absolute Gasteiger partial charge is 0.252 e. The number of carbonyl (C=O) groups is 1. The van der Waals surface area contributed by atoms with E-state index in [1.807, 2.05) is 11.6 Å². The normalized spacial score (nSPS) is 17.1. The van der Waals surface area contributed by atoms with Gasteiger partial charge in [-0.3, -0.25) is 9.69 Å². The molecule has 162 valence electrons. The molecule has 1 saturated heterocycles. The third-order valence-electron chi connectivity index (χ3n) is 6.03. The predicted octanol–water partition coefficient (Wildman–Crippen LogP) is 3.21. The summed E-state index contributed by atoms with van der Waals surface area (Å²) in [6.45, 7) is 8.48. The minimum Gasteiger partial charge on any atom is -0.365 e. The maximum Gasteiger partial charge on any atom is 0.252 e. The van der Waals surface area contributed by atoms with Crippen molar-refractivity contribution in [2.24, 2.45) is 5.73 Å². The maximum atomic E-state index is 13.3. The van der Waals surface area contributed by atoms with Crippen molar-refractivity contribution in [2.45, 2.75) is 46.1 Å². The fourth-order valence-electron chi connectivity index (χ4n) is 4.29. The van der Waals surface area contributed by atoms with Crippen LogP contribution in [0.15, 0.2) is 30.5 Å². The summed E-state index contributed by atoms with van der Waals surface area (Å²) in [7, 11) is 0. The van der Waals surface area contributed by atoms with E-state index in [4.69, 9.17) is 5.73 Å². The van der Waals surface area contributed by atoms with Crippen LogP contribution in [0.2, 0.25) is 0 Å². The zero-order valence-electron chi connectivity index (χ0n) is 18.1. The van der Waals surface area contributed by atoms with E-state index in [9.17, 15) is 9.18 Å². The molecule has 2 N–H and O–H groups in total. The fourth-order valence-corrected chi connectivity index (χ4v) is 4.29. The van der Waals surface area contributed by atoms with Crippen molar-refractivity contribution >= 4 is 5.91 Å². The van der Waals surface area contributed by atoms with Gasteiger partial charge in [-0.05, 0) is 64.4 Å². The largest absolute Gasteiger partial charge is 0.365 e. The number of hydrogen-bond donors (Lipinski definition) is 1. The Morgan fingerprint density at radius 1 is 1.19 bits per heavy atom. The van der Waals surface area contributed by atoms with Crippen molar-refractivity contribution < 1.29 is 9.18 Å². The molecule has 0 unspecified atom stereocenters. The summed E-state index contributed by atoms with van der Waals surface area (Å²) in [5.74, 6) is 0.217. The minimum absolute atomic E-state index is 0.210. The number of likely N-dealkylation sites (tertiary alicyclic amines) is 1. The van der Waals surface area contributed by atoms with Gasteiger partial charge in [-0.25, -0.2) is 19.0 Å². The van der Waals surface area contributed by atoms with Crippen molar-refractivity contribution in [3.05, 3.63) is 70.3 Å². The fraction of sp³-hybridized carbons (Fsp3) is 0.391. The topological polar surface area (TPSA) is 89.9 Å². The maximum absolute atomic E-state index is 13.3. The lowest BCUT2D eigenvalue weighted by Gasteiger charge is -2.32. The molecule has 0 radical (unpaired) electrons. The molecule has 0 saturated carbocycles. The van der Waals surface area contributed by atoms with E-state index in [2.05, 4.69) is 26.9 Å². The van der Waals surface area contributed by atoms with E-state index in [0.29, 0.717) is 11.3 Å². The highest BCUT2D eigenvalue weighted by atomic mass is 19.1. The molecular formula is C23H27FN6O. The highest BCUT2D eigenvalue weighted by Gasteiger charge is 2.26. The Morgan fingerprint density at radius 2 is 1.94 bits per heavy atom. The second kappa shape index (κ2) is 8.55. The number of aryl methyl sites for hydroxylation is 2. The summed E-state index contributed by atoms with van der Waals surface area (Å²) < 4.78 is 15.2. The summed E-state index contributed by atoms with van der Waals surface area (Å²) in [5, 5.41) is 4.69. The summed E-state index contributed by atoms with van der Waals surface area (Å²) in [6, 6.07) is 6.38. The lowest BCUT2D eigenvalue weighted by molar-refractivity contribution is 0.0998. The van der Waals surface area contributed by atoms with Crippen molar-refractivity contribution in [2.75, 3.05) is 13.1 Å². The van der Waals surface area contributed by atoms with Gasteiger partial charge in [-0.2, -0.15) is 5.10 Å². The SMILES string of the molecule is Cc1nc([C@@H]2CCCN(Cc3c(C)nn(-c4ccc(F)cc4)c3C)C2)ncc1C(N)=O. The monoisotopic (exact) mass is 422 g/mol. The predicted molar refractivity (Wildman–Crippen MR) is 116 cm³/mol. The van der Waals surface area contributed by atoms with Gasteiger partial charge in [0.15, 0.2) is 0 Å². The number of hydrogen-bond acceptors (Lipinski definition) is 5. The first-order chi connectivity index (χ1) is 14.8. The van der Waals surface area contributed by atoms with Crippen LogP contribution in [0.5, 0.6) is 0 Å². The number of piperidine rings is 1. The van der Waals surface area contributed by atoms with Crippen molar-refractivity contribution in [1.29, 1.82) is 0 Å². The Hall–Kier alpha value is -3.13. The number of amides is 1. The standard InChI is InChI=1S/C23H27FN6O/c1-14-20(22(25)31)11-26-23(27-14)17-5-4-10-29(12-17)13-21-15(2)28-30(16(21)3)19-8-6-18(24)7-9-19/h6-9,11,17H,4-5,10,12-13H2,1-3H3,(H2,25,31)/t17-/m1/s1. The Kier molecular flexibility index (Phi) is 5.82. The van der Waals surface area contributed by atoms with Crippen molar-refractivity contribution in [1.82, 2.24) is 24.6 Å². The van der Waals surface area contributed by atoms with Gasteiger partial charge >= 0.3 is 0 Å². The molecule has 1 aromatic carbocycles. The van der Waals surface area contributed by atoms with Crippen LogP contribution in [-0.4, -0.2) is 43.6 Å². The van der Waals surface area contributed by atoms with Crippen LogP contribution in [0, 0.1) is 26.6 Å². The van der Waals surface area contributed by atoms with Crippen LogP contribution < -0.4 is 5.73 Å². The molecule has 0 aliphatic carbocycles. The number of nitrogens with two attached hydrogens (primary N) is 1. The second-order valence-corrected chi connectivity index (χ2v) is 8.20. The number of nitrogens with zero attached hydrogens (tertiary/aromatic N) is 5. The molecule has 3 aromatic rings. The molecule has 0 spiro atoms. The zero-order chi connectivity index (χ0) is 22.1. The number of aromatic nitrogens is 4.